The number of carbonyl (C=O) groups is 2. The van der Waals surface area contributed by atoms with E-state index in [0.29, 0.717) is 5.56 Å². The van der Waals surface area contributed by atoms with Gasteiger partial charge in [-0.15, -0.1) is 0 Å². The number of nitrogens with one attached hydrogen (secondary N) is 1. The second-order valence-corrected chi connectivity index (χ2v) is 7.82. The highest BCUT2D eigenvalue weighted by molar-refractivity contribution is 7.87. The number of hydrogen-bond donors (Lipinski definition) is 2. The zero-order chi connectivity index (χ0) is 21.7. The lowest BCUT2D eigenvalue weighted by molar-refractivity contribution is -0.114. The van der Waals surface area contributed by atoms with Gasteiger partial charge in [0.05, 0.1) is 6.26 Å². The summed E-state index contributed by atoms with van der Waals surface area (Å²) in [5.41, 5.74) is 6.58. The van der Waals surface area contributed by atoms with E-state index in [-0.39, 0.29) is 22.1 Å². The molecule has 0 radical (unpaired) electrons. The SMILES string of the molecule is Cc1ccc(S(=O)(=O)Oc2ccc(C=C(NC(=O)c3ccco3)C(N)=O)cc2)cc1. The van der Waals surface area contributed by atoms with Crippen LogP contribution in [0.3, 0.4) is 0 Å². The van der Waals surface area contributed by atoms with Crippen LogP contribution in [0, 0.1) is 6.92 Å². The fourth-order valence-electron chi connectivity index (χ4n) is 2.43. The number of hydrogen-bond acceptors (Lipinski definition) is 6. The number of furan rings is 1. The topological polar surface area (TPSA) is 129 Å². The monoisotopic (exact) mass is 426 g/mol. The minimum absolute atomic E-state index is 0.0206. The first-order valence-corrected chi connectivity index (χ1v) is 10.1. The number of carbonyl (C=O) groups excluding carboxylic acids is 2. The smallest absolute Gasteiger partial charge is 0.339 e. The van der Waals surface area contributed by atoms with Crippen LogP contribution in [-0.2, 0) is 14.9 Å². The van der Waals surface area contributed by atoms with Crippen LogP contribution < -0.4 is 15.2 Å². The Morgan fingerprint density at radius 2 is 1.70 bits per heavy atom. The Hall–Kier alpha value is -3.85. The molecule has 3 rings (SSSR count). The lowest BCUT2D eigenvalue weighted by Gasteiger charge is -2.08. The van der Waals surface area contributed by atoms with Crippen LogP contribution >= 0.6 is 0 Å². The zero-order valence-electron chi connectivity index (χ0n) is 15.9. The van der Waals surface area contributed by atoms with E-state index in [2.05, 4.69) is 5.32 Å². The van der Waals surface area contributed by atoms with Gasteiger partial charge in [-0.05, 0) is 55.0 Å². The Bertz CT molecular complexity index is 1180. The van der Waals surface area contributed by atoms with E-state index in [1.807, 2.05) is 6.92 Å². The molecule has 0 spiro atoms. The first-order chi connectivity index (χ1) is 14.2. The predicted octanol–water partition coefficient (Wildman–Crippen LogP) is 2.61. The molecule has 0 aliphatic rings. The van der Waals surface area contributed by atoms with Crippen LogP contribution in [-0.4, -0.2) is 20.2 Å². The van der Waals surface area contributed by atoms with Crippen molar-refractivity contribution in [2.45, 2.75) is 11.8 Å². The molecule has 8 nitrogen and oxygen atoms in total. The lowest BCUT2D eigenvalue weighted by Crippen LogP contribution is -2.30. The molecular formula is C21H18N2O6S. The summed E-state index contributed by atoms with van der Waals surface area (Å²) in [7, 11) is -3.98. The molecule has 0 fully saturated rings. The first kappa shape index (κ1) is 20.9. The highest BCUT2D eigenvalue weighted by atomic mass is 32.2. The second-order valence-electron chi connectivity index (χ2n) is 6.27. The van der Waals surface area contributed by atoms with E-state index in [1.54, 1.807) is 12.1 Å². The molecule has 30 heavy (non-hydrogen) atoms. The summed E-state index contributed by atoms with van der Waals surface area (Å²) in [5, 5.41) is 2.37. The quantitative estimate of drug-likeness (QED) is 0.441. The fourth-order valence-corrected chi connectivity index (χ4v) is 3.36. The van der Waals surface area contributed by atoms with Crippen LogP contribution in [0.2, 0.25) is 0 Å². The molecule has 2 aromatic carbocycles. The largest absolute Gasteiger partial charge is 0.459 e. The van der Waals surface area contributed by atoms with E-state index >= 15 is 0 Å². The number of rotatable bonds is 7. The van der Waals surface area contributed by atoms with E-state index in [9.17, 15) is 18.0 Å². The van der Waals surface area contributed by atoms with Gasteiger partial charge in [0.15, 0.2) is 5.76 Å². The number of primary amides is 1. The van der Waals surface area contributed by atoms with Gasteiger partial charge < -0.3 is 19.7 Å². The third-order valence-corrected chi connectivity index (χ3v) is 5.23. The fraction of sp³-hybridized carbons (Fsp3) is 0.0476. The molecule has 9 heteroatoms. The Balaban J connectivity index is 1.75. The molecule has 154 valence electrons. The van der Waals surface area contributed by atoms with Gasteiger partial charge in [-0.2, -0.15) is 8.42 Å². The molecule has 2 amide bonds. The summed E-state index contributed by atoms with van der Waals surface area (Å²) in [6.07, 6.45) is 2.67. The molecule has 3 N–H and O–H groups in total. The summed E-state index contributed by atoms with van der Waals surface area (Å²) in [6, 6.07) is 15.1. The maximum atomic E-state index is 12.3. The molecule has 0 aliphatic carbocycles. The molecule has 1 heterocycles. The summed E-state index contributed by atoms with van der Waals surface area (Å²) in [5.74, 6) is -1.37. The van der Waals surface area contributed by atoms with Gasteiger partial charge in [0.25, 0.3) is 11.8 Å². The highest BCUT2D eigenvalue weighted by Gasteiger charge is 2.17. The van der Waals surface area contributed by atoms with E-state index in [4.69, 9.17) is 14.3 Å². The van der Waals surface area contributed by atoms with Gasteiger partial charge in [-0.1, -0.05) is 29.8 Å². The van der Waals surface area contributed by atoms with Gasteiger partial charge in [0, 0.05) is 0 Å². The minimum Gasteiger partial charge on any atom is -0.459 e. The number of aryl methyl sites for hydroxylation is 1. The maximum absolute atomic E-state index is 12.3. The third kappa shape index (κ3) is 5.15. The van der Waals surface area contributed by atoms with E-state index in [1.165, 1.54) is 60.9 Å². The maximum Gasteiger partial charge on any atom is 0.339 e. The average molecular weight is 426 g/mol. The van der Waals surface area contributed by atoms with Crippen molar-refractivity contribution >= 4 is 28.0 Å². The van der Waals surface area contributed by atoms with Gasteiger partial charge >= 0.3 is 10.1 Å². The number of benzene rings is 2. The summed E-state index contributed by atoms with van der Waals surface area (Å²) >= 11 is 0. The summed E-state index contributed by atoms with van der Waals surface area (Å²) in [6.45, 7) is 1.85. The van der Waals surface area contributed by atoms with Crippen molar-refractivity contribution in [1.82, 2.24) is 5.32 Å². The number of amides is 2. The van der Waals surface area contributed by atoms with Crippen molar-refractivity contribution in [3.8, 4) is 5.75 Å². The van der Waals surface area contributed by atoms with Crippen molar-refractivity contribution in [2.24, 2.45) is 5.73 Å². The van der Waals surface area contributed by atoms with Crippen LogP contribution in [0.1, 0.15) is 21.7 Å². The Morgan fingerprint density at radius 3 is 2.27 bits per heavy atom. The molecule has 0 unspecified atom stereocenters. The summed E-state index contributed by atoms with van der Waals surface area (Å²) in [4.78, 5) is 23.7. The second kappa shape index (κ2) is 8.66. The summed E-state index contributed by atoms with van der Waals surface area (Å²) < 4.78 is 34.8. The van der Waals surface area contributed by atoms with Crippen LogP contribution in [0.4, 0.5) is 0 Å². The molecule has 0 bridgehead atoms. The van der Waals surface area contributed by atoms with Crippen molar-refractivity contribution < 1.29 is 26.6 Å². The van der Waals surface area contributed by atoms with Crippen molar-refractivity contribution in [3.63, 3.8) is 0 Å². The van der Waals surface area contributed by atoms with Crippen LogP contribution in [0.15, 0.2) is 81.9 Å². The predicted molar refractivity (Wildman–Crippen MR) is 109 cm³/mol. The normalized spacial score (nSPS) is 11.7. The number of nitrogens with two attached hydrogens (primary N) is 1. The molecule has 0 atom stereocenters. The van der Waals surface area contributed by atoms with Crippen LogP contribution in [0.25, 0.3) is 6.08 Å². The van der Waals surface area contributed by atoms with Crippen molar-refractivity contribution in [3.05, 3.63) is 89.5 Å². The average Bonchev–Trinajstić information content (AvgIpc) is 3.24. The first-order valence-electron chi connectivity index (χ1n) is 8.72. The van der Waals surface area contributed by atoms with E-state index < -0.39 is 21.9 Å². The Morgan fingerprint density at radius 1 is 1.03 bits per heavy atom. The highest BCUT2D eigenvalue weighted by Crippen LogP contribution is 2.20. The van der Waals surface area contributed by atoms with Crippen LogP contribution in [0.5, 0.6) is 5.75 Å². The van der Waals surface area contributed by atoms with Crippen molar-refractivity contribution in [2.75, 3.05) is 0 Å². The standard InChI is InChI=1S/C21H18N2O6S/c1-14-4-10-17(11-5-14)30(26,27)29-16-8-6-15(7-9-16)13-18(20(22)24)23-21(25)19-3-2-12-28-19/h2-13H,1H3,(H2,22,24)(H,23,25). The van der Waals surface area contributed by atoms with Gasteiger partial charge in [0.2, 0.25) is 0 Å². The zero-order valence-corrected chi connectivity index (χ0v) is 16.7. The van der Waals surface area contributed by atoms with E-state index in [0.717, 1.165) is 5.56 Å². The molecule has 0 aliphatic heterocycles. The molecule has 0 saturated heterocycles. The molecule has 0 saturated carbocycles. The van der Waals surface area contributed by atoms with Gasteiger partial charge in [-0.25, -0.2) is 0 Å². The van der Waals surface area contributed by atoms with Crippen molar-refractivity contribution in [1.29, 1.82) is 0 Å². The minimum atomic E-state index is -3.98. The molecule has 1 aromatic heterocycles. The Kier molecular flexibility index (Phi) is 6.03. The molecule has 3 aromatic rings. The molecular weight excluding hydrogens is 408 g/mol. The lowest BCUT2D eigenvalue weighted by atomic mass is 10.2. The van der Waals surface area contributed by atoms with Gasteiger partial charge in [-0.3, -0.25) is 9.59 Å². The Labute approximate surface area is 173 Å². The third-order valence-electron chi connectivity index (χ3n) is 3.97. The van der Waals surface area contributed by atoms with Gasteiger partial charge in [0.1, 0.15) is 16.3 Å².